The second kappa shape index (κ2) is 6.25. The normalized spacial score (nSPS) is 14.0. The summed E-state index contributed by atoms with van der Waals surface area (Å²) in [6.45, 7) is 1.71. The van der Waals surface area contributed by atoms with E-state index in [1.54, 1.807) is 18.4 Å². The molecule has 0 atom stereocenters. The molecule has 0 aliphatic carbocycles. The summed E-state index contributed by atoms with van der Waals surface area (Å²) in [5.41, 5.74) is 1.89. The van der Waals surface area contributed by atoms with E-state index in [-0.39, 0.29) is 5.56 Å². The lowest BCUT2D eigenvalue weighted by molar-refractivity contribution is 0.409. The lowest BCUT2D eigenvalue weighted by Crippen LogP contribution is -2.23. The van der Waals surface area contributed by atoms with Gasteiger partial charge in [-0.1, -0.05) is 0 Å². The number of rotatable bonds is 2. The number of fused-ring (bicyclic) bond motifs is 3. The van der Waals surface area contributed by atoms with Crippen LogP contribution in [0.2, 0.25) is 0 Å². The molecule has 0 saturated carbocycles. The highest BCUT2D eigenvalue weighted by atomic mass is 79.9. The van der Waals surface area contributed by atoms with Crippen molar-refractivity contribution >= 4 is 53.4 Å². The molecule has 1 aliphatic heterocycles. The minimum absolute atomic E-state index is 0.0718. The average molecular weight is 471 g/mol. The van der Waals surface area contributed by atoms with Crippen molar-refractivity contribution in [3.63, 3.8) is 0 Å². The molecule has 1 aliphatic rings. The quantitative estimate of drug-likeness (QED) is 0.597. The fraction of sp³-hybridized carbons (Fsp3) is 0.250. The molecule has 0 radical (unpaired) electrons. The molecule has 0 unspecified atom stereocenters. The maximum Gasteiger partial charge on any atom is 0.260 e. The highest BCUT2D eigenvalue weighted by Crippen LogP contribution is 2.37. The third kappa shape index (κ3) is 2.61. The van der Waals surface area contributed by atoms with Gasteiger partial charge < -0.3 is 15.0 Å². The van der Waals surface area contributed by atoms with E-state index in [4.69, 9.17) is 9.72 Å². The number of nitrogens with one attached hydrogen (secondary N) is 2. The average Bonchev–Trinajstić information content (AvgIpc) is 2.93. The van der Waals surface area contributed by atoms with E-state index in [2.05, 4.69) is 42.2 Å². The number of thiophene rings is 1. The lowest BCUT2D eigenvalue weighted by atomic mass is 10.1. The smallest absolute Gasteiger partial charge is 0.260 e. The molecule has 124 valence electrons. The number of H-pyrrole nitrogens is 1. The van der Waals surface area contributed by atoms with Crippen LogP contribution in [0.5, 0.6) is 5.75 Å². The molecule has 8 heteroatoms. The molecule has 5 nitrogen and oxygen atoms in total. The predicted molar refractivity (Wildman–Crippen MR) is 103 cm³/mol. The summed E-state index contributed by atoms with van der Waals surface area (Å²) >= 11 is 8.58. The van der Waals surface area contributed by atoms with Crippen molar-refractivity contribution in [1.29, 1.82) is 0 Å². The number of hydrogen-bond donors (Lipinski definition) is 2. The van der Waals surface area contributed by atoms with Crippen LogP contribution in [0.25, 0.3) is 21.6 Å². The topological polar surface area (TPSA) is 67.0 Å². The minimum Gasteiger partial charge on any atom is -0.494 e. The van der Waals surface area contributed by atoms with Gasteiger partial charge in [-0.3, -0.25) is 4.79 Å². The van der Waals surface area contributed by atoms with E-state index in [0.29, 0.717) is 11.6 Å². The molecule has 0 fully saturated rings. The molecule has 4 rings (SSSR count). The molecule has 2 N–H and O–H groups in total. The fourth-order valence-corrected chi connectivity index (χ4v) is 5.66. The summed E-state index contributed by atoms with van der Waals surface area (Å²) in [4.78, 5) is 22.3. The van der Waals surface area contributed by atoms with Crippen LogP contribution in [0.1, 0.15) is 10.4 Å². The van der Waals surface area contributed by atoms with Gasteiger partial charge in [0.05, 0.1) is 21.4 Å². The first-order valence-electron chi connectivity index (χ1n) is 7.37. The molecule has 0 bridgehead atoms. The largest absolute Gasteiger partial charge is 0.494 e. The third-order valence-electron chi connectivity index (χ3n) is 4.06. The van der Waals surface area contributed by atoms with Crippen LogP contribution in [0.15, 0.2) is 25.9 Å². The van der Waals surface area contributed by atoms with E-state index in [1.165, 1.54) is 4.88 Å². The molecule has 0 spiro atoms. The van der Waals surface area contributed by atoms with Crippen LogP contribution >= 0.6 is 43.2 Å². The Bertz CT molecular complexity index is 989. The van der Waals surface area contributed by atoms with Gasteiger partial charge in [-0.05, 0) is 62.5 Å². The van der Waals surface area contributed by atoms with Crippen molar-refractivity contribution in [2.24, 2.45) is 0 Å². The number of ether oxygens (including phenoxy) is 1. The Balaban J connectivity index is 1.91. The standard InChI is InChI=1S/C16H13Br2N3O2S/c1-23-13-9(17)4-7(5-10(13)18)14-20-15(22)12-8-2-3-19-6-11(8)24-16(12)21-14/h4-5,19H,2-3,6H2,1H3,(H,20,21,22). The van der Waals surface area contributed by atoms with Gasteiger partial charge in [0.25, 0.3) is 5.56 Å². The van der Waals surface area contributed by atoms with Crippen LogP contribution in [0.4, 0.5) is 0 Å². The summed E-state index contributed by atoms with van der Waals surface area (Å²) in [7, 11) is 1.61. The van der Waals surface area contributed by atoms with E-state index in [1.807, 2.05) is 12.1 Å². The second-order valence-electron chi connectivity index (χ2n) is 5.50. The van der Waals surface area contributed by atoms with Crippen molar-refractivity contribution in [3.8, 4) is 17.1 Å². The lowest BCUT2D eigenvalue weighted by Gasteiger charge is -2.11. The van der Waals surface area contributed by atoms with Gasteiger partial charge in [0.1, 0.15) is 16.4 Å². The molecule has 0 amide bonds. The minimum atomic E-state index is -0.0718. The van der Waals surface area contributed by atoms with Gasteiger partial charge in [-0.25, -0.2) is 4.98 Å². The summed E-state index contributed by atoms with van der Waals surface area (Å²) < 4.78 is 6.92. The highest BCUT2D eigenvalue weighted by Gasteiger charge is 2.20. The van der Waals surface area contributed by atoms with Crippen molar-refractivity contribution in [2.45, 2.75) is 13.0 Å². The van der Waals surface area contributed by atoms with Crippen LogP contribution < -0.4 is 15.6 Å². The van der Waals surface area contributed by atoms with Crippen molar-refractivity contribution in [3.05, 3.63) is 41.9 Å². The number of aromatic nitrogens is 2. The van der Waals surface area contributed by atoms with Crippen LogP contribution in [0, 0.1) is 0 Å². The van der Waals surface area contributed by atoms with Gasteiger partial charge in [-0.15, -0.1) is 11.3 Å². The van der Waals surface area contributed by atoms with Crippen LogP contribution in [-0.4, -0.2) is 23.6 Å². The third-order valence-corrected chi connectivity index (χ3v) is 6.36. The Labute approximate surface area is 158 Å². The van der Waals surface area contributed by atoms with E-state index >= 15 is 0 Å². The van der Waals surface area contributed by atoms with Gasteiger partial charge in [0.15, 0.2) is 0 Å². The zero-order valence-corrected chi connectivity index (χ0v) is 16.7. The first kappa shape index (κ1) is 16.3. The Morgan fingerprint density at radius 3 is 2.75 bits per heavy atom. The number of nitrogens with zero attached hydrogens (tertiary/aromatic N) is 1. The van der Waals surface area contributed by atoms with Crippen molar-refractivity contribution < 1.29 is 4.74 Å². The van der Waals surface area contributed by atoms with Crippen molar-refractivity contribution in [1.82, 2.24) is 15.3 Å². The zero-order chi connectivity index (χ0) is 16.8. The van der Waals surface area contributed by atoms with E-state index < -0.39 is 0 Å². The second-order valence-corrected chi connectivity index (χ2v) is 8.29. The summed E-state index contributed by atoms with van der Waals surface area (Å²) in [6.07, 6.45) is 0.874. The molecular weight excluding hydrogens is 458 g/mol. The first-order valence-corrected chi connectivity index (χ1v) is 9.77. The summed E-state index contributed by atoms with van der Waals surface area (Å²) in [5, 5.41) is 4.08. The molecule has 0 saturated heterocycles. The number of aromatic amines is 1. The van der Waals surface area contributed by atoms with Gasteiger partial charge in [0, 0.05) is 17.0 Å². The molecule has 24 heavy (non-hydrogen) atoms. The number of methoxy groups -OCH3 is 1. The van der Waals surface area contributed by atoms with E-state index in [0.717, 1.165) is 49.8 Å². The van der Waals surface area contributed by atoms with E-state index in [9.17, 15) is 4.79 Å². The molecule has 1 aromatic carbocycles. The first-order chi connectivity index (χ1) is 11.6. The number of hydrogen-bond acceptors (Lipinski definition) is 5. The molecule has 2 aromatic heterocycles. The van der Waals surface area contributed by atoms with Crippen LogP contribution in [0.3, 0.4) is 0 Å². The fourth-order valence-electron chi connectivity index (χ4n) is 2.96. The number of benzene rings is 1. The maximum absolute atomic E-state index is 12.6. The molecular formula is C16H13Br2N3O2S. The van der Waals surface area contributed by atoms with Crippen LogP contribution in [-0.2, 0) is 13.0 Å². The Morgan fingerprint density at radius 2 is 2.04 bits per heavy atom. The van der Waals surface area contributed by atoms with Gasteiger partial charge in [-0.2, -0.15) is 0 Å². The zero-order valence-electron chi connectivity index (χ0n) is 12.7. The predicted octanol–water partition coefficient (Wildman–Crippen LogP) is 3.83. The van der Waals surface area contributed by atoms with Gasteiger partial charge >= 0.3 is 0 Å². The van der Waals surface area contributed by atoms with Gasteiger partial charge in [0.2, 0.25) is 0 Å². The molecule has 3 heterocycles. The number of halogens is 2. The Hall–Kier alpha value is -1.22. The summed E-state index contributed by atoms with van der Waals surface area (Å²) in [6, 6.07) is 3.78. The summed E-state index contributed by atoms with van der Waals surface area (Å²) in [5.74, 6) is 1.27. The Morgan fingerprint density at radius 1 is 1.29 bits per heavy atom. The highest BCUT2D eigenvalue weighted by molar-refractivity contribution is 9.11. The Kier molecular flexibility index (Phi) is 4.24. The monoisotopic (exact) mass is 469 g/mol. The van der Waals surface area contributed by atoms with Crippen molar-refractivity contribution in [2.75, 3.05) is 13.7 Å². The SMILES string of the molecule is COc1c(Br)cc(-c2nc3sc4c(c3c(=O)[nH]2)CCNC4)cc1Br. The maximum atomic E-state index is 12.6. The molecule has 3 aromatic rings.